The van der Waals surface area contributed by atoms with Crippen molar-refractivity contribution >= 4 is 23.5 Å². The van der Waals surface area contributed by atoms with Crippen molar-refractivity contribution in [3.63, 3.8) is 0 Å². The van der Waals surface area contributed by atoms with Crippen LogP contribution in [0.15, 0.2) is 24.3 Å². The van der Waals surface area contributed by atoms with Gasteiger partial charge in [-0.05, 0) is 49.3 Å². The summed E-state index contributed by atoms with van der Waals surface area (Å²) in [7, 11) is 1.31. The van der Waals surface area contributed by atoms with E-state index in [2.05, 4.69) is 0 Å². The molecule has 0 spiro atoms. The van der Waals surface area contributed by atoms with E-state index in [4.69, 9.17) is 4.74 Å². The molecular weight excluding hydrogens is 282 g/mol. The Kier molecular flexibility index (Phi) is 2.86. The van der Waals surface area contributed by atoms with Gasteiger partial charge in [-0.3, -0.25) is 14.5 Å². The maximum absolute atomic E-state index is 12.7. The third kappa shape index (κ3) is 1.68. The van der Waals surface area contributed by atoms with Gasteiger partial charge in [0.05, 0.1) is 30.2 Å². The molecule has 2 bridgehead atoms. The van der Waals surface area contributed by atoms with Gasteiger partial charge in [0.1, 0.15) is 0 Å². The quantitative estimate of drug-likeness (QED) is 0.619. The lowest BCUT2D eigenvalue weighted by Crippen LogP contribution is -2.32. The minimum atomic E-state index is -0.471. The van der Waals surface area contributed by atoms with Gasteiger partial charge in [0, 0.05) is 0 Å². The van der Waals surface area contributed by atoms with Gasteiger partial charge in [0.2, 0.25) is 11.8 Å². The molecule has 1 aromatic carbocycles. The summed E-state index contributed by atoms with van der Waals surface area (Å²) in [5, 5.41) is 0. The van der Waals surface area contributed by atoms with Crippen molar-refractivity contribution in [3.05, 3.63) is 29.8 Å². The van der Waals surface area contributed by atoms with Crippen LogP contribution in [0.25, 0.3) is 0 Å². The molecule has 2 aliphatic carbocycles. The normalized spacial score (nSPS) is 32.5. The molecule has 0 N–H and O–H groups in total. The van der Waals surface area contributed by atoms with Crippen LogP contribution >= 0.6 is 0 Å². The predicted molar refractivity (Wildman–Crippen MR) is 78.1 cm³/mol. The van der Waals surface area contributed by atoms with E-state index < -0.39 is 5.97 Å². The number of imide groups is 1. The summed E-state index contributed by atoms with van der Waals surface area (Å²) in [5.41, 5.74) is 0.826. The molecule has 1 saturated heterocycles. The Morgan fingerprint density at radius 1 is 1.14 bits per heavy atom. The number of hydrogen-bond acceptors (Lipinski definition) is 4. The van der Waals surface area contributed by atoms with E-state index in [0.717, 1.165) is 19.3 Å². The highest BCUT2D eigenvalue weighted by Crippen LogP contribution is 2.56. The predicted octanol–water partition coefficient (Wildman–Crippen LogP) is 2.01. The van der Waals surface area contributed by atoms with Crippen LogP contribution in [0, 0.1) is 23.7 Å². The molecule has 4 rings (SSSR count). The van der Waals surface area contributed by atoms with Crippen LogP contribution in [0.4, 0.5) is 5.69 Å². The van der Waals surface area contributed by atoms with E-state index in [1.165, 1.54) is 12.0 Å². The number of anilines is 1. The Balaban J connectivity index is 1.70. The average molecular weight is 299 g/mol. The van der Waals surface area contributed by atoms with Crippen LogP contribution in [0.2, 0.25) is 0 Å². The van der Waals surface area contributed by atoms with Crippen molar-refractivity contribution in [1.82, 2.24) is 0 Å². The van der Waals surface area contributed by atoms with Crippen LogP contribution in [0.3, 0.4) is 0 Å². The van der Waals surface area contributed by atoms with E-state index in [-0.39, 0.29) is 23.7 Å². The summed E-state index contributed by atoms with van der Waals surface area (Å²) in [6.45, 7) is 0. The lowest BCUT2D eigenvalue weighted by molar-refractivity contribution is -0.123. The second-order valence-corrected chi connectivity index (χ2v) is 6.44. The molecule has 2 amide bonds. The molecule has 0 aromatic heterocycles. The van der Waals surface area contributed by atoms with Crippen LogP contribution < -0.4 is 4.90 Å². The number of benzene rings is 1. The molecule has 0 radical (unpaired) electrons. The van der Waals surface area contributed by atoms with Crippen molar-refractivity contribution in [2.75, 3.05) is 12.0 Å². The lowest BCUT2D eigenvalue weighted by atomic mass is 9.81. The number of methoxy groups -OCH3 is 1. The highest BCUT2D eigenvalue weighted by atomic mass is 16.5. The molecule has 1 aromatic rings. The number of rotatable bonds is 2. The first-order chi connectivity index (χ1) is 10.6. The van der Waals surface area contributed by atoms with Crippen molar-refractivity contribution in [3.8, 4) is 0 Å². The minimum Gasteiger partial charge on any atom is -0.465 e. The third-order valence-corrected chi connectivity index (χ3v) is 5.45. The van der Waals surface area contributed by atoms with Gasteiger partial charge in [-0.2, -0.15) is 0 Å². The zero-order valence-electron chi connectivity index (χ0n) is 12.3. The number of amides is 2. The number of fused-ring (bicyclic) bond motifs is 5. The summed E-state index contributed by atoms with van der Waals surface area (Å²) in [4.78, 5) is 38.4. The molecule has 3 aliphatic rings. The second kappa shape index (κ2) is 4.66. The zero-order chi connectivity index (χ0) is 15.4. The first-order valence-electron chi connectivity index (χ1n) is 7.68. The Morgan fingerprint density at radius 3 is 2.36 bits per heavy atom. The van der Waals surface area contributed by atoms with Crippen LogP contribution in [-0.2, 0) is 14.3 Å². The van der Waals surface area contributed by atoms with E-state index in [0.29, 0.717) is 23.1 Å². The smallest absolute Gasteiger partial charge is 0.337 e. The Hall–Kier alpha value is -2.17. The number of hydrogen-bond donors (Lipinski definition) is 0. The van der Waals surface area contributed by atoms with Crippen molar-refractivity contribution in [1.29, 1.82) is 0 Å². The van der Waals surface area contributed by atoms with Gasteiger partial charge in [-0.15, -0.1) is 0 Å². The molecule has 5 heteroatoms. The van der Waals surface area contributed by atoms with Gasteiger partial charge in [0.25, 0.3) is 0 Å². The highest BCUT2D eigenvalue weighted by molar-refractivity contribution is 6.22. The van der Waals surface area contributed by atoms with Gasteiger partial charge < -0.3 is 4.74 Å². The van der Waals surface area contributed by atoms with E-state index >= 15 is 0 Å². The van der Waals surface area contributed by atoms with Crippen LogP contribution in [0.1, 0.15) is 29.6 Å². The summed E-state index contributed by atoms with van der Waals surface area (Å²) >= 11 is 0. The largest absolute Gasteiger partial charge is 0.465 e. The molecule has 22 heavy (non-hydrogen) atoms. The lowest BCUT2D eigenvalue weighted by Gasteiger charge is -2.19. The van der Waals surface area contributed by atoms with Gasteiger partial charge in [0.15, 0.2) is 0 Å². The molecule has 1 aliphatic heterocycles. The maximum atomic E-state index is 12.7. The summed E-state index contributed by atoms with van der Waals surface area (Å²) in [6.07, 6.45) is 3.13. The number of ether oxygens (including phenoxy) is 1. The molecule has 2 saturated carbocycles. The van der Waals surface area contributed by atoms with Gasteiger partial charge >= 0.3 is 5.97 Å². The van der Waals surface area contributed by atoms with Crippen molar-refractivity contribution in [2.45, 2.75) is 19.3 Å². The second-order valence-electron chi connectivity index (χ2n) is 6.44. The van der Waals surface area contributed by atoms with Gasteiger partial charge in [-0.25, -0.2) is 4.79 Å². The number of esters is 1. The standard InChI is InChI=1S/C17H17NO4/c1-22-17(21)11-3-2-4-12(8-11)18-15(19)13-9-5-6-10(7-9)14(13)16(18)20/h2-4,8-10,13-14H,5-7H2,1H3/t9-,10-,13+,14+/m0/s1. The molecule has 1 heterocycles. The number of carbonyl (C=O) groups is 3. The fraction of sp³-hybridized carbons (Fsp3) is 0.471. The van der Waals surface area contributed by atoms with Gasteiger partial charge in [-0.1, -0.05) is 6.07 Å². The van der Waals surface area contributed by atoms with Crippen molar-refractivity contribution < 1.29 is 19.1 Å². The van der Waals surface area contributed by atoms with E-state index in [1.54, 1.807) is 24.3 Å². The Morgan fingerprint density at radius 2 is 1.77 bits per heavy atom. The zero-order valence-corrected chi connectivity index (χ0v) is 12.3. The molecule has 114 valence electrons. The molecule has 5 nitrogen and oxygen atoms in total. The Bertz CT molecular complexity index is 655. The van der Waals surface area contributed by atoms with Crippen LogP contribution in [0.5, 0.6) is 0 Å². The monoisotopic (exact) mass is 299 g/mol. The molecular formula is C17H17NO4. The first kappa shape index (κ1) is 13.5. The highest BCUT2D eigenvalue weighted by Gasteiger charge is 2.61. The fourth-order valence-corrected chi connectivity index (χ4v) is 4.55. The molecule has 3 fully saturated rings. The minimum absolute atomic E-state index is 0.0933. The summed E-state index contributed by atoms with van der Waals surface area (Å²) in [6, 6.07) is 6.55. The SMILES string of the molecule is COC(=O)c1cccc(N2C(=O)[C@@H]3[C@H]4CC[C@@H](C4)[C@H]3C2=O)c1. The third-order valence-electron chi connectivity index (χ3n) is 5.45. The maximum Gasteiger partial charge on any atom is 0.337 e. The van der Waals surface area contributed by atoms with Crippen LogP contribution in [-0.4, -0.2) is 24.9 Å². The van der Waals surface area contributed by atoms with E-state index in [9.17, 15) is 14.4 Å². The number of carbonyl (C=O) groups excluding carboxylic acids is 3. The molecule has 4 atom stereocenters. The Labute approximate surface area is 128 Å². The molecule has 0 unspecified atom stereocenters. The average Bonchev–Trinajstić information content (AvgIpc) is 3.21. The first-order valence-corrected chi connectivity index (χ1v) is 7.68. The van der Waals surface area contributed by atoms with Crippen molar-refractivity contribution in [2.24, 2.45) is 23.7 Å². The fourth-order valence-electron chi connectivity index (χ4n) is 4.55. The number of nitrogens with zero attached hydrogens (tertiary/aromatic N) is 1. The summed E-state index contributed by atoms with van der Waals surface area (Å²) in [5.74, 6) is -0.226. The summed E-state index contributed by atoms with van der Waals surface area (Å²) < 4.78 is 4.70. The van der Waals surface area contributed by atoms with E-state index in [1.807, 2.05) is 0 Å². The topological polar surface area (TPSA) is 63.7 Å².